The molecule has 0 radical (unpaired) electrons. The summed E-state index contributed by atoms with van der Waals surface area (Å²) in [5.41, 5.74) is 5.07. The first-order valence-electron chi connectivity index (χ1n) is 5.87. The summed E-state index contributed by atoms with van der Waals surface area (Å²) in [6.07, 6.45) is -4.74. The minimum Gasteiger partial charge on any atom is -0.481 e. The van der Waals surface area contributed by atoms with Crippen molar-refractivity contribution in [3.63, 3.8) is 0 Å². The molecular weight excluding hydrogens is 307 g/mol. The zero-order valence-corrected chi connectivity index (χ0v) is 11.7. The van der Waals surface area contributed by atoms with Gasteiger partial charge < -0.3 is 10.8 Å². The molecule has 1 unspecified atom stereocenters. The molecule has 0 fully saturated rings. The molecular formula is C12H12F3N3O2S. The average Bonchev–Trinajstić information content (AvgIpc) is 2.92. The fraction of sp³-hybridized carbons (Fsp3) is 0.333. The predicted molar refractivity (Wildman–Crippen MR) is 70.7 cm³/mol. The Balaban J connectivity index is 2.30. The van der Waals surface area contributed by atoms with Crippen molar-refractivity contribution in [1.29, 1.82) is 0 Å². The van der Waals surface area contributed by atoms with E-state index in [1.54, 1.807) is 12.1 Å². The van der Waals surface area contributed by atoms with Gasteiger partial charge in [-0.2, -0.15) is 18.3 Å². The molecule has 0 aliphatic heterocycles. The first-order valence-corrected chi connectivity index (χ1v) is 6.69. The van der Waals surface area contributed by atoms with Crippen LogP contribution < -0.4 is 5.73 Å². The average molecular weight is 319 g/mol. The second-order valence-electron chi connectivity index (χ2n) is 4.44. The highest BCUT2D eigenvalue weighted by Crippen LogP contribution is 2.35. The number of nitrogens with two attached hydrogens (primary N) is 1. The number of carboxylic acid groups (broad SMARTS) is 1. The lowest BCUT2D eigenvalue weighted by Crippen LogP contribution is -2.13. The van der Waals surface area contributed by atoms with E-state index in [9.17, 15) is 18.0 Å². The van der Waals surface area contributed by atoms with Crippen molar-refractivity contribution in [3.8, 4) is 10.6 Å². The van der Waals surface area contributed by atoms with Gasteiger partial charge in [-0.25, -0.2) is 0 Å². The molecule has 5 nitrogen and oxygen atoms in total. The van der Waals surface area contributed by atoms with Gasteiger partial charge in [0.05, 0.1) is 17.0 Å². The van der Waals surface area contributed by atoms with Gasteiger partial charge in [-0.15, -0.1) is 11.3 Å². The molecule has 2 rings (SSSR count). The molecule has 0 aliphatic carbocycles. The van der Waals surface area contributed by atoms with E-state index < -0.39 is 23.9 Å². The van der Waals surface area contributed by atoms with E-state index in [0.29, 0.717) is 15.4 Å². The molecule has 9 heteroatoms. The molecule has 1 atom stereocenters. The minimum atomic E-state index is -4.50. The van der Waals surface area contributed by atoms with E-state index in [2.05, 4.69) is 5.10 Å². The normalized spacial score (nSPS) is 13.4. The quantitative estimate of drug-likeness (QED) is 0.908. The number of aromatic nitrogens is 2. The fourth-order valence-corrected chi connectivity index (χ4v) is 2.87. The van der Waals surface area contributed by atoms with E-state index in [1.807, 2.05) is 0 Å². The molecule has 21 heavy (non-hydrogen) atoms. The summed E-state index contributed by atoms with van der Waals surface area (Å²) in [5.74, 6) is -1.03. The lowest BCUT2D eigenvalue weighted by molar-refractivity contribution is -0.141. The van der Waals surface area contributed by atoms with Crippen molar-refractivity contribution in [2.75, 3.05) is 0 Å². The molecule has 2 aromatic rings. The number of aliphatic carboxylic acids is 1. The van der Waals surface area contributed by atoms with Crippen LogP contribution in [0, 0.1) is 0 Å². The third-order valence-electron chi connectivity index (χ3n) is 2.81. The van der Waals surface area contributed by atoms with Gasteiger partial charge in [0.1, 0.15) is 0 Å². The predicted octanol–water partition coefficient (Wildman–Crippen LogP) is 2.64. The lowest BCUT2D eigenvalue weighted by Gasteiger charge is -2.04. The smallest absolute Gasteiger partial charge is 0.435 e. The summed E-state index contributed by atoms with van der Waals surface area (Å²) >= 11 is 1.16. The van der Waals surface area contributed by atoms with Gasteiger partial charge in [-0.3, -0.25) is 9.48 Å². The topological polar surface area (TPSA) is 81.1 Å². The molecule has 0 saturated heterocycles. The SMILES string of the molecule is Cn1nc(C(F)(F)F)cc1-c1ccc(C(N)CC(=O)O)s1. The largest absolute Gasteiger partial charge is 0.481 e. The van der Waals surface area contributed by atoms with E-state index in [1.165, 1.54) is 7.05 Å². The third kappa shape index (κ3) is 3.42. The number of alkyl halides is 3. The van der Waals surface area contributed by atoms with Gasteiger partial charge in [0.25, 0.3) is 0 Å². The van der Waals surface area contributed by atoms with Crippen LogP contribution in [-0.2, 0) is 18.0 Å². The zero-order chi connectivity index (χ0) is 15.8. The molecule has 0 saturated carbocycles. The first kappa shape index (κ1) is 15.5. The molecule has 2 aromatic heterocycles. The molecule has 114 valence electrons. The number of halogens is 3. The van der Waals surface area contributed by atoms with E-state index in [0.717, 1.165) is 22.1 Å². The molecule has 0 aromatic carbocycles. The number of aryl methyl sites for hydroxylation is 1. The Hall–Kier alpha value is -1.87. The van der Waals surface area contributed by atoms with Crippen LogP contribution >= 0.6 is 11.3 Å². The fourth-order valence-electron chi connectivity index (χ4n) is 1.81. The second kappa shape index (κ2) is 5.49. The zero-order valence-electron chi connectivity index (χ0n) is 10.9. The Kier molecular flexibility index (Phi) is 4.06. The number of hydrogen-bond acceptors (Lipinski definition) is 4. The molecule has 0 spiro atoms. The highest BCUT2D eigenvalue weighted by Gasteiger charge is 2.34. The van der Waals surface area contributed by atoms with Crippen molar-refractivity contribution >= 4 is 17.3 Å². The van der Waals surface area contributed by atoms with Gasteiger partial charge in [0.2, 0.25) is 0 Å². The summed E-state index contributed by atoms with van der Waals surface area (Å²) in [6.45, 7) is 0. The first-order chi connectivity index (χ1) is 9.68. The van der Waals surface area contributed by atoms with Gasteiger partial charge in [0, 0.05) is 18.0 Å². The lowest BCUT2D eigenvalue weighted by atomic mass is 10.2. The highest BCUT2D eigenvalue weighted by atomic mass is 32.1. The number of rotatable bonds is 4. The van der Waals surface area contributed by atoms with Crippen molar-refractivity contribution in [3.05, 3.63) is 28.8 Å². The van der Waals surface area contributed by atoms with E-state index in [-0.39, 0.29) is 6.42 Å². The van der Waals surface area contributed by atoms with Crippen LogP contribution in [0.4, 0.5) is 13.2 Å². The van der Waals surface area contributed by atoms with E-state index >= 15 is 0 Å². The maximum atomic E-state index is 12.6. The van der Waals surface area contributed by atoms with Crippen LogP contribution in [0.15, 0.2) is 18.2 Å². The standard InChI is InChI=1S/C12H12F3N3O2S/c1-18-7(5-10(17-18)12(13,14)15)9-3-2-8(21-9)6(16)4-11(19)20/h2-3,5-6H,4,16H2,1H3,(H,19,20). The maximum Gasteiger partial charge on any atom is 0.435 e. The van der Waals surface area contributed by atoms with Crippen molar-refractivity contribution in [2.45, 2.75) is 18.6 Å². The summed E-state index contributed by atoms with van der Waals surface area (Å²) in [4.78, 5) is 11.8. The second-order valence-corrected chi connectivity index (χ2v) is 5.56. The Morgan fingerprint density at radius 2 is 2.19 bits per heavy atom. The van der Waals surface area contributed by atoms with Crippen LogP contribution in [-0.4, -0.2) is 20.9 Å². The van der Waals surface area contributed by atoms with Crippen LogP contribution in [0.5, 0.6) is 0 Å². The Morgan fingerprint density at radius 3 is 2.71 bits per heavy atom. The molecule has 3 N–H and O–H groups in total. The van der Waals surface area contributed by atoms with Gasteiger partial charge >= 0.3 is 12.1 Å². The molecule has 0 amide bonds. The Morgan fingerprint density at radius 1 is 1.52 bits per heavy atom. The number of hydrogen-bond donors (Lipinski definition) is 2. The summed E-state index contributed by atoms with van der Waals surface area (Å²) in [5, 5.41) is 12.1. The summed E-state index contributed by atoms with van der Waals surface area (Å²) < 4.78 is 39.0. The monoisotopic (exact) mass is 319 g/mol. The Bertz CT molecular complexity index is 663. The molecule has 0 bridgehead atoms. The number of carboxylic acids is 1. The van der Waals surface area contributed by atoms with Crippen LogP contribution in [0.2, 0.25) is 0 Å². The molecule has 0 aliphatic rings. The Labute approximate surface area is 121 Å². The maximum absolute atomic E-state index is 12.6. The van der Waals surface area contributed by atoms with E-state index in [4.69, 9.17) is 10.8 Å². The van der Waals surface area contributed by atoms with Crippen molar-refractivity contribution in [2.24, 2.45) is 12.8 Å². The van der Waals surface area contributed by atoms with Crippen molar-refractivity contribution < 1.29 is 23.1 Å². The summed E-state index contributed by atoms with van der Waals surface area (Å²) in [7, 11) is 1.42. The number of nitrogens with zero attached hydrogens (tertiary/aromatic N) is 2. The van der Waals surface area contributed by atoms with Crippen LogP contribution in [0.1, 0.15) is 23.0 Å². The highest BCUT2D eigenvalue weighted by molar-refractivity contribution is 7.15. The van der Waals surface area contributed by atoms with Crippen LogP contribution in [0.25, 0.3) is 10.6 Å². The van der Waals surface area contributed by atoms with Gasteiger partial charge in [-0.05, 0) is 18.2 Å². The molecule has 2 heterocycles. The van der Waals surface area contributed by atoms with Gasteiger partial charge in [0.15, 0.2) is 5.69 Å². The van der Waals surface area contributed by atoms with Crippen LogP contribution in [0.3, 0.4) is 0 Å². The minimum absolute atomic E-state index is 0.237. The van der Waals surface area contributed by atoms with Gasteiger partial charge in [-0.1, -0.05) is 0 Å². The third-order valence-corrected chi connectivity index (χ3v) is 4.05. The summed E-state index contributed by atoms with van der Waals surface area (Å²) in [6, 6.07) is 3.50. The number of thiophene rings is 1. The number of carbonyl (C=O) groups is 1. The van der Waals surface area contributed by atoms with Crippen molar-refractivity contribution in [1.82, 2.24) is 9.78 Å².